The van der Waals surface area contributed by atoms with Crippen LogP contribution in [0.1, 0.15) is 49.0 Å². The molecule has 19 heavy (non-hydrogen) atoms. The number of carboxylic acids is 1. The lowest BCUT2D eigenvalue weighted by atomic mass is 9.85. The van der Waals surface area contributed by atoms with Crippen molar-refractivity contribution in [2.75, 3.05) is 18.0 Å². The number of aromatic carboxylic acids is 1. The fourth-order valence-electron chi connectivity index (χ4n) is 2.81. The minimum Gasteiger partial charge on any atom is -0.478 e. The number of hydrogen-bond donors (Lipinski definition) is 1. The molecule has 104 valence electrons. The molecule has 1 heterocycles. The Bertz CT molecular complexity index is 480. The van der Waals surface area contributed by atoms with E-state index in [9.17, 15) is 4.79 Å². The SMILES string of the molecule is Cc1cc(C(=O)O)ccc1N1CCCC(C)(C)CC1. The lowest BCUT2D eigenvalue weighted by molar-refractivity contribution is 0.0697. The van der Waals surface area contributed by atoms with Crippen LogP contribution in [0.3, 0.4) is 0 Å². The molecular formula is C16H23NO2. The van der Waals surface area contributed by atoms with Gasteiger partial charge in [0.05, 0.1) is 5.56 Å². The van der Waals surface area contributed by atoms with Gasteiger partial charge in [-0.3, -0.25) is 0 Å². The van der Waals surface area contributed by atoms with Crippen molar-refractivity contribution in [3.8, 4) is 0 Å². The highest BCUT2D eigenvalue weighted by molar-refractivity contribution is 5.88. The van der Waals surface area contributed by atoms with E-state index in [-0.39, 0.29) is 0 Å². The van der Waals surface area contributed by atoms with Gasteiger partial charge in [0, 0.05) is 18.8 Å². The average molecular weight is 261 g/mol. The summed E-state index contributed by atoms with van der Waals surface area (Å²) in [6.45, 7) is 8.78. The van der Waals surface area contributed by atoms with Gasteiger partial charge >= 0.3 is 5.97 Å². The van der Waals surface area contributed by atoms with Gasteiger partial charge in [-0.2, -0.15) is 0 Å². The van der Waals surface area contributed by atoms with Crippen LogP contribution in [0.25, 0.3) is 0 Å². The van der Waals surface area contributed by atoms with Crippen molar-refractivity contribution >= 4 is 11.7 Å². The third kappa shape index (κ3) is 3.28. The van der Waals surface area contributed by atoms with Crippen LogP contribution in [0.5, 0.6) is 0 Å². The van der Waals surface area contributed by atoms with Crippen LogP contribution >= 0.6 is 0 Å². The van der Waals surface area contributed by atoms with Crippen LogP contribution in [0, 0.1) is 12.3 Å². The zero-order chi connectivity index (χ0) is 14.0. The Kier molecular flexibility index (Phi) is 3.83. The number of nitrogens with zero attached hydrogens (tertiary/aromatic N) is 1. The Balaban J connectivity index is 2.20. The van der Waals surface area contributed by atoms with Crippen LogP contribution in [-0.2, 0) is 0 Å². The second-order valence-corrected chi connectivity index (χ2v) is 6.31. The lowest BCUT2D eigenvalue weighted by Gasteiger charge is -2.26. The summed E-state index contributed by atoms with van der Waals surface area (Å²) in [7, 11) is 0. The Hall–Kier alpha value is -1.51. The van der Waals surface area contributed by atoms with Crippen LogP contribution in [0.15, 0.2) is 18.2 Å². The van der Waals surface area contributed by atoms with Gasteiger partial charge in [0.1, 0.15) is 0 Å². The van der Waals surface area contributed by atoms with Crippen LogP contribution in [-0.4, -0.2) is 24.2 Å². The fraction of sp³-hybridized carbons (Fsp3) is 0.562. The smallest absolute Gasteiger partial charge is 0.335 e. The molecule has 1 aromatic carbocycles. The molecule has 0 spiro atoms. The topological polar surface area (TPSA) is 40.5 Å². The highest BCUT2D eigenvalue weighted by atomic mass is 16.4. The summed E-state index contributed by atoms with van der Waals surface area (Å²) in [5.74, 6) is -0.855. The van der Waals surface area contributed by atoms with Gasteiger partial charge in [-0.15, -0.1) is 0 Å². The first-order valence-corrected chi connectivity index (χ1v) is 6.98. The molecule has 2 rings (SSSR count). The summed E-state index contributed by atoms with van der Waals surface area (Å²) in [6.07, 6.45) is 3.65. The van der Waals surface area contributed by atoms with Crippen LogP contribution in [0.4, 0.5) is 5.69 Å². The van der Waals surface area contributed by atoms with E-state index in [1.807, 2.05) is 13.0 Å². The molecule has 1 aliphatic heterocycles. The highest BCUT2D eigenvalue weighted by Gasteiger charge is 2.23. The van der Waals surface area contributed by atoms with E-state index in [1.54, 1.807) is 12.1 Å². The maximum Gasteiger partial charge on any atom is 0.335 e. The first kappa shape index (κ1) is 13.9. The van der Waals surface area contributed by atoms with E-state index < -0.39 is 5.97 Å². The molecule has 3 nitrogen and oxygen atoms in total. The van der Waals surface area contributed by atoms with E-state index >= 15 is 0 Å². The number of hydrogen-bond acceptors (Lipinski definition) is 2. The van der Waals surface area contributed by atoms with E-state index in [4.69, 9.17) is 5.11 Å². The van der Waals surface area contributed by atoms with Gasteiger partial charge in [0.25, 0.3) is 0 Å². The summed E-state index contributed by atoms with van der Waals surface area (Å²) in [6, 6.07) is 5.44. The first-order valence-electron chi connectivity index (χ1n) is 6.98. The molecular weight excluding hydrogens is 238 g/mol. The van der Waals surface area contributed by atoms with Crippen LogP contribution in [0.2, 0.25) is 0 Å². The summed E-state index contributed by atoms with van der Waals surface area (Å²) in [5, 5.41) is 9.01. The number of anilines is 1. The van der Waals surface area contributed by atoms with Crippen molar-refractivity contribution in [3.05, 3.63) is 29.3 Å². The predicted octanol–water partition coefficient (Wildman–Crippen LogP) is 3.71. The number of carbonyl (C=O) groups is 1. The van der Waals surface area contributed by atoms with E-state index in [0.717, 1.165) is 18.7 Å². The molecule has 0 unspecified atom stereocenters. The Morgan fingerprint density at radius 1 is 1.26 bits per heavy atom. The number of benzene rings is 1. The van der Waals surface area contributed by atoms with Crippen LogP contribution < -0.4 is 4.90 Å². The van der Waals surface area contributed by atoms with Crippen molar-refractivity contribution < 1.29 is 9.90 Å². The molecule has 1 saturated heterocycles. The minimum absolute atomic E-state index is 0.372. The van der Waals surface area contributed by atoms with Gasteiger partial charge in [-0.25, -0.2) is 4.79 Å². The van der Waals surface area contributed by atoms with Gasteiger partial charge in [-0.05, 0) is 55.4 Å². The fourth-order valence-corrected chi connectivity index (χ4v) is 2.81. The molecule has 0 aromatic heterocycles. The largest absolute Gasteiger partial charge is 0.478 e. The number of rotatable bonds is 2. The maximum absolute atomic E-state index is 11.0. The molecule has 0 bridgehead atoms. The highest BCUT2D eigenvalue weighted by Crippen LogP contribution is 2.32. The van der Waals surface area contributed by atoms with Crippen molar-refractivity contribution in [2.45, 2.75) is 40.0 Å². The normalized spacial score (nSPS) is 19.0. The Morgan fingerprint density at radius 3 is 2.63 bits per heavy atom. The molecule has 0 atom stereocenters. The quantitative estimate of drug-likeness (QED) is 0.882. The second-order valence-electron chi connectivity index (χ2n) is 6.31. The summed E-state index contributed by atoms with van der Waals surface area (Å²) in [5.41, 5.74) is 3.03. The molecule has 0 amide bonds. The van der Waals surface area contributed by atoms with Crippen molar-refractivity contribution in [1.29, 1.82) is 0 Å². The van der Waals surface area contributed by atoms with Crippen molar-refractivity contribution in [1.82, 2.24) is 0 Å². The molecule has 0 aliphatic carbocycles. The molecule has 0 saturated carbocycles. The summed E-state index contributed by atoms with van der Waals surface area (Å²) < 4.78 is 0. The standard InChI is InChI=1S/C16H23NO2/c1-12-11-13(15(18)19)5-6-14(12)17-9-4-7-16(2,3)8-10-17/h5-6,11H,4,7-10H2,1-3H3,(H,18,19). The third-order valence-corrected chi connectivity index (χ3v) is 4.12. The molecule has 1 aliphatic rings. The second kappa shape index (κ2) is 5.24. The zero-order valence-corrected chi connectivity index (χ0v) is 12.1. The summed E-state index contributed by atoms with van der Waals surface area (Å²) >= 11 is 0. The monoisotopic (exact) mass is 261 g/mol. The van der Waals surface area contributed by atoms with E-state index in [0.29, 0.717) is 11.0 Å². The van der Waals surface area contributed by atoms with E-state index in [2.05, 4.69) is 18.7 Å². The number of carboxylic acid groups (broad SMARTS) is 1. The third-order valence-electron chi connectivity index (χ3n) is 4.12. The van der Waals surface area contributed by atoms with Crippen molar-refractivity contribution in [3.63, 3.8) is 0 Å². The predicted molar refractivity (Wildman–Crippen MR) is 78.0 cm³/mol. The average Bonchev–Trinajstić information content (AvgIpc) is 2.50. The van der Waals surface area contributed by atoms with E-state index in [1.165, 1.54) is 24.9 Å². The molecule has 0 radical (unpaired) electrons. The number of aryl methyl sites for hydroxylation is 1. The molecule has 3 heteroatoms. The lowest BCUT2D eigenvalue weighted by Crippen LogP contribution is -2.25. The van der Waals surface area contributed by atoms with Gasteiger partial charge in [-0.1, -0.05) is 13.8 Å². The minimum atomic E-state index is -0.855. The Morgan fingerprint density at radius 2 is 2.00 bits per heavy atom. The maximum atomic E-state index is 11.0. The van der Waals surface area contributed by atoms with Crippen molar-refractivity contribution in [2.24, 2.45) is 5.41 Å². The van der Waals surface area contributed by atoms with Gasteiger partial charge < -0.3 is 10.0 Å². The zero-order valence-electron chi connectivity index (χ0n) is 12.1. The Labute approximate surface area is 115 Å². The molecule has 1 aromatic rings. The van der Waals surface area contributed by atoms with Gasteiger partial charge in [0.2, 0.25) is 0 Å². The summed E-state index contributed by atoms with van der Waals surface area (Å²) in [4.78, 5) is 13.4. The van der Waals surface area contributed by atoms with Gasteiger partial charge in [0.15, 0.2) is 0 Å². The molecule has 1 fully saturated rings. The molecule has 1 N–H and O–H groups in total. The first-order chi connectivity index (χ1) is 8.89.